The first-order valence-electron chi connectivity index (χ1n) is 6.75. The summed E-state index contributed by atoms with van der Waals surface area (Å²) in [6, 6.07) is 5.13. The van der Waals surface area contributed by atoms with Gasteiger partial charge in [-0.25, -0.2) is 0 Å². The molecule has 0 saturated carbocycles. The monoisotopic (exact) mass is 423 g/mol. The number of esters is 1. The Bertz CT molecular complexity index is 520. The molecule has 0 aliphatic heterocycles. The van der Waals surface area contributed by atoms with Gasteiger partial charge < -0.3 is 9.64 Å². The smallest absolute Gasteiger partial charge is 0.325 e. The van der Waals surface area contributed by atoms with Gasteiger partial charge in [-0.05, 0) is 53.6 Å². The Morgan fingerprint density at radius 1 is 1.38 bits per heavy atom. The van der Waals surface area contributed by atoms with Gasteiger partial charge in [0, 0.05) is 15.7 Å². The molecule has 0 radical (unpaired) electrons. The van der Waals surface area contributed by atoms with Crippen molar-refractivity contribution in [3.05, 3.63) is 32.4 Å². The second-order valence-electron chi connectivity index (χ2n) is 5.01. The number of benzene rings is 1. The molecule has 0 aromatic heterocycles. The van der Waals surface area contributed by atoms with Crippen molar-refractivity contribution in [3.8, 4) is 0 Å². The number of halogens is 2. The van der Waals surface area contributed by atoms with Gasteiger partial charge in [-0.15, -0.1) is 0 Å². The molecule has 0 N–H and O–H groups in total. The number of nitrogens with zero attached hydrogens (tertiary/aromatic N) is 1. The molecule has 0 saturated heterocycles. The van der Waals surface area contributed by atoms with Gasteiger partial charge in [-0.3, -0.25) is 9.59 Å². The lowest BCUT2D eigenvalue weighted by Gasteiger charge is -2.23. The summed E-state index contributed by atoms with van der Waals surface area (Å²) in [4.78, 5) is 25.7. The molecule has 116 valence electrons. The molecule has 21 heavy (non-hydrogen) atoms. The second kappa shape index (κ2) is 8.58. The minimum atomic E-state index is -0.400. The molecule has 0 unspecified atom stereocenters. The summed E-state index contributed by atoms with van der Waals surface area (Å²) in [6.07, 6.45) is 0. The van der Waals surface area contributed by atoms with Gasteiger partial charge >= 0.3 is 5.97 Å². The molecule has 1 amide bonds. The van der Waals surface area contributed by atoms with E-state index in [9.17, 15) is 9.59 Å². The maximum absolute atomic E-state index is 12.5. The number of rotatable bonds is 6. The highest BCUT2D eigenvalue weighted by atomic mass is 127. The van der Waals surface area contributed by atoms with Crippen LogP contribution >= 0.6 is 34.2 Å². The van der Waals surface area contributed by atoms with Gasteiger partial charge in [-0.2, -0.15) is 0 Å². The van der Waals surface area contributed by atoms with Gasteiger partial charge in [0.2, 0.25) is 0 Å². The Morgan fingerprint density at radius 3 is 2.57 bits per heavy atom. The van der Waals surface area contributed by atoms with E-state index in [1.165, 1.54) is 4.90 Å². The van der Waals surface area contributed by atoms with E-state index >= 15 is 0 Å². The first kappa shape index (κ1) is 18.2. The maximum atomic E-state index is 12.5. The van der Waals surface area contributed by atoms with Crippen LogP contribution < -0.4 is 0 Å². The maximum Gasteiger partial charge on any atom is 0.325 e. The summed E-state index contributed by atoms with van der Waals surface area (Å²) >= 11 is 8.16. The largest absolute Gasteiger partial charge is 0.465 e. The van der Waals surface area contributed by atoms with Crippen LogP contribution in [0.3, 0.4) is 0 Å². The molecule has 0 fully saturated rings. The molecule has 0 spiro atoms. The molecule has 0 aliphatic carbocycles. The van der Waals surface area contributed by atoms with Crippen molar-refractivity contribution in [3.63, 3.8) is 0 Å². The van der Waals surface area contributed by atoms with Gasteiger partial charge in [0.05, 0.1) is 11.6 Å². The molecule has 0 bridgehead atoms. The quantitative estimate of drug-likeness (QED) is 0.519. The Balaban J connectivity index is 2.92. The van der Waals surface area contributed by atoms with Gasteiger partial charge in [0.1, 0.15) is 6.54 Å². The van der Waals surface area contributed by atoms with E-state index in [2.05, 4.69) is 22.6 Å². The second-order valence-corrected chi connectivity index (χ2v) is 6.58. The lowest BCUT2D eigenvalue weighted by Crippen LogP contribution is -2.39. The van der Waals surface area contributed by atoms with Crippen LogP contribution in [0, 0.1) is 9.49 Å². The Labute approximate surface area is 143 Å². The summed E-state index contributed by atoms with van der Waals surface area (Å²) in [5.41, 5.74) is 0.477. The summed E-state index contributed by atoms with van der Waals surface area (Å²) in [5.74, 6) is -0.360. The van der Waals surface area contributed by atoms with Crippen LogP contribution in [0.4, 0.5) is 0 Å². The summed E-state index contributed by atoms with van der Waals surface area (Å²) < 4.78 is 5.80. The number of carbonyl (C=O) groups excluding carboxylic acids is 2. The van der Waals surface area contributed by atoms with Crippen molar-refractivity contribution in [2.45, 2.75) is 20.8 Å². The Hall–Kier alpha value is -0.820. The third-order valence-corrected chi connectivity index (χ3v) is 4.24. The Kier molecular flexibility index (Phi) is 7.45. The highest BCUT2D eigenvalue weighted by molar-refractivity contribution is 14.1. The summed E-state index contributed by atoms with van der Waals surface area (Å²) in [7, 11) is 0. The topological polar surface area (TPSA) is 46.6 Å². The zero-order valence-electron chi connectivity index (χ0n) is 12.4. The SMILES string of the molecule is CCOC(=O)CN(CC(C)C)C(=O)c1ccc(I)c(Cl)c1. The zero-order valence-corrected chi connectivity index (χ0v) is 15.3. The van der Waals surface area contributed by atoms with E-state index in [0.717, 1.165) is 3.57 Å². The normalized spacial score (nSPS) is 10.6. The van der Waals surface area contributed by atoms with E-state index in [1.54, 1.807) is 25.1 Å². The number of ether oxygens (including phenoxy) is 1. The molecule has 1 aromatic carbocycles. The van der Waals surface area contributed by atoms with Crippen LogP contribution in [-0.2, 0) is 9.53 Å². The Morgan fingerprint density at radius 2 is 2.05 bits per heavy atom. The molecule has 0 aliphatic rings. The highest BCUT2D eigenvalue weighted by Gasteiger charge is 2.21. The van der Waals surface area contributed by atoms with Crippen molar-refractivity contribution < 1.29 is 14.3 Å². The molecule has 4 nitrogen and oxygen atoms in total. The lowest BCUT2D eigenvalue weighted by atomic mass is 10.1. The predicted octanol–water partition coefficient (Wildman–Crippen LogP) is 3.61. The number of hydrogen-bond acceptors (Lipinski definition) is 3. The molecule has 6 heteroatoms. The van der Waals surface area contributed by atoms with Gasteiger partial charge in [-0.1, -0.05) is 25.4 Å². The van der Waals surface area contributed by atoms with Crippen LogP contribution in [0.5, 0.6) is 0 Å². The lowest BCUT2D eigenvalue weighted by molar-refractivity contribution is -0.143. The van der Waals surface area contributed by atoms with Crippen molar-refractivity contribution >= 4 is 46.1 Å². The first-order valence-corrected chi connectivity index (χ1v) is 8.20. The minimum Gasteiger partial charge on any atom is -0.465 e. The molecule has 1 aromatic rings. The molecule has 1 rings (SSSR count). The third-order valence-electron chi connectivity index (χ3n) is 2.66. The first-order chi connectivity index (χ1) is 9.85. The van der Waals surface area contributed by atoms with Crippen LogP contribution in [0.25, 0.3) is 0 Å². The molecule has 0 heterocycles. The van der Waals surface area contributed by atoms with Gasteiger partial charge in [0.25, 0.3) is 5.91 Å². The molecule has 0 atom stereocenters. The average Bonchev–Trinajstić information content (AvgIpc) is 2.40. The van der Waals surface area contributed by atoms with Crippen LogP contribution in [-0.4, -0.2) is 36.5 Å². The fraction of sp³-hybridized carbons (Fsp3) is 0.467. The number of amides is 1. The van der Waals surface area contributed by atoms with Crippen molar-refractivity contribution in [2.24, 2.45) is 5.92 Å². The summed E-state index contributed by atoms with van der Waals surface area (Å²) in [6.45, 7) is 6.47. The fourth-order valence-corrected chi connectivity index (χ4v) is 2.35. The molecular formula is C15H19ClINO3. The fourth-order valence-electron chi connectivity index (χ4n) is 1.83. The van der Waals surface area contributed by atoms with Crippen molar-refractivity contribution in [2.75, 3.05) is 19.7 Å². The van der Waals surface area contributed by atoms with Gasteiger partial charge in [0.15, 0.2) is 0 Å². The summed E-state index contributed by atoms with van der Waals surface area (Å²) in [5, 5.41) is 0.530. The van der Waals surface area contributed by atoms with Crippen LogP contribution in [0.2, 0.25) is 5.02 Å². The van der Waals surface area contributed by atoms with Crippen LogP contribution in [0.1, 0.15) is 31.1 Å². The van der Waals surface area contributed by atoms with Crippen molar-refractivity contribution in [1.82, 2.24) is 4.90 Å². The minimum absolute atomic E-state index is 0.0472. The zero-order chi connectivity index (χ0) is 16.0. The van der Waals surface area contributed by atoms with Crippen molar-refractivity contribution in [1.29, 1.82) is 0 Å². The number of hydrogen-bond donors (Lipinski definition) is 0. The third kappa shape index (κ3) is 5.82. The highest BCUT2D eigenvalue weighted by Crippen LogP contribution is 2.20. The van der Waals surface area contributed by atoms with E-state index in [0.29, 0.717) is 23.7 Å². The molecular weight excluding hydrogens is 405 g/mol. The van der Waals surface area contributed by atoms with Crippen LogP contribution in [0.15, 0.2) is 18.2 Å². The number of carbonyl (C=O) groups is 2. The van der Waals surface area contributed by atoms with E-state index in [4.69, 9.17) is 16.3 Å². The standard InChI is InChI=1S/C15H19ClINO3/c1-4-21-14(19)9-18(8-10(2)3)15(20)11-5-6-13(17)12(16)7-11/h5-7,10H,4,8-9H2,1-3H3. The van der Waals surface area contributed by atoms with E-state index in [1.807, 2.05) is 13.8 Å². The average molecular weight is 424 g/mol. The predicted molar refractivity (Wildman–Crippen MR) is 91.5 cm³/mol. The van der Waals surface area contributed by atoms with E-state index < -0.39 is 5.97 Å². The van der Waals surface area contributed by atoms with E-state index in [-0.39, 0.29) is 18.4 Å².